The van der Waals surface area contributed by atoms with E-state index in [0.29, 0.717) is 30.9 Å². The Morgan fingerprint density at radius 1 is 1.41 bits per heavy atom. The second-order valence-electron chi connectivity index (χ2n) is 4.29. The zero-order chi connectivity index (χ0) is 12.3. The number of rotatable bonds is 4. The molecule has 1 atom stereocenters. The topological polar surface area (TPSA) is 21.3 Å². The van der Waals surface area contributed by atoms with Crippen LogP contribution in [0.15, 0.2) is 24.3 Å². The van der Waals surface area contributed by atoms with Gasteiger partial charge in [0.05, 0.1) is 6.61 Å². The SMILES string of the molecule is CCCNC1(C(F)F)CCOc2ccccc21. The molecule has 1 heterocycles. The van der Waals surface area contributed by atoms with Gasteiger partial charge in [-0.05, 0) is 19.0 Å². The summed E-state index contributed by atoms with van der Waals surface area (Å²) < 4.78 is 32.4. The molecule has 0 radical (unpaired) electrons. The van der Waals surface area contributed by atoms with Crippen molar-refractivity contribution in [2.24, 2.45) is 0 Å². The van der Waals surface area contributed by atoms with E-state index < -0.39 is 12.0 Å². The van der Waals surface area contributed by atoms with Crippen LogP contribution in [0.4, 0.5) is 8.78 Å². The largest absolute Gasteiger partial charge is 0.493 e. The van der Waals surface area contributed by atoms with Crippen LogP contribution in [0.25, 0.3) is 0 Å². The van der Waals surface area contributed by atoms with Gasteiger partial charge in [0.15, 0.2) is 0 Å². The lowest BCUT2D eigenvalue weighted by atomic mass is 9.84. The van der Waals surface area contributed by atoms with Crippen LogP contribution in [0, 0.1) is 0 Å². The van der Waals surface area contributed by atoms with E-state index >= 15 is 0 Å². The van der Waals surface area contributed by atoms with Gasteiger partial charge < -0.3 is 10.1 Å². The summed E-state index contributed by atoms with van der Waals surface area (Å²) >= 11 is 0. The van der Waals surface area contributed by atoms with Crippen LogP contribution < -0.4 is 10.1 Å². The minimum absolute atomic E-state index is 0.307. The van der Waals surface area contributed by atoms with E-state index in [1.165, 1.54) is 0 Å². The first-order valence-corrected chi connectivity index (χ1v) is 5.96. The molecule has 0 saturated carbocycles. The van der Waals surface area contributed by atoms with Crippen LogP contribution in [0.1, 0.15) is 25.3 Å². The highest BCUT2D eigenvalue weighted by atomic mass is 19.3. The number of hydrogen-bond acceptors (Lipinski definition) is 2. The summed E-state index contributed by atoms with van der Waals surface area (Å²) in [5.74, 6) is 0.572. The molecular formula is C13H17F2NO. The number of ether oxygens (including phenoxy) is 1. The Morgan fingerprint density at radius 3 is 2.88 bits per heavy atom. The molecule has 1 aromatic rings. The standard InChI is InChI=1S/C13H17F2NO/c1-2-8-16-13(12(14)15)7-9-17-11-6-4-3-5-10(11)13/h3-6,12,16H,2,7-9H2,1H3. The summed E-state index contributed by atoms with van der Waals surface area (Å²) in [6.07, 6.45) is -1.29. The fourth-order valence-electron chi connectivity index (χ4n) is 2.25. The van der Waals surface area contributed by atoms with Crippen molar-refractivity contribution in [3.05, 3.63) is 29.8 Å². The van der Waals surface area contributed by atoms with Crippen molar-refractivity contribution < 1.29 is 13.5 Å². The average Bonchev–Trinajstić information content (AvgIpc) is 2.36. The normalized spacial score (nSPS) is 23.3. The summed E-state index contributed by atoms with van der Waals surface area (Å²) in [5, 5.41) is 3.01. The van der Waals surface area contributed by atoms with Crippen molar-refractivity contribution in [2.75, 3.05) is 13.2 Å². The second kappa shape index (κ2) is 5.00. The molecule has 0 bridgehead atoms. The summed E-state index contributed by atoms with van der Waals surface area (Å²) in [4.78, 5) is 0. The van der Waals surface area contributed by atoms with Crippen molar-refractivity contribution in [1.82, 2.24) is 5.32 Å². The predicted octanol–water partition coefficient (Wildman–Crippen LogP) is 2.93. The van der Waals surface area contributed by atoms with Gasteiger partial charge in [0.1, 0.15) is 11.3 Å². The zero-order valence-corrected chi connectivity index (χ0v) is 9.88. The highest BCUT2D eigenvalue weighted by Gasteiger charge is 2.45. The van der Waals surface area contributed by atoms with Crippen LogP contribution in [-0.2, 0) is 5.54 Å². The van der Waals surface area contributed by atoms with Gasteiger partial charge in [-0.3, -0.25) is 0 Å². The number of halogens is 2. The van der Waals surface area contributed by atoms with E-state index in [1.54, 1.807) is 24.3 Å². The summed E-state index contributed by atoms with van der Waals surface area (Å²) in [7, 11) is 0. The Morgan fingerprint density at radius 2 is 2.18 bits per heavy atom. The highest BCUT2D eigenvalue weighted by Crippen LogP contribution is 2.40. The number of nitrogens with one attached hydrogen (secondary N) is 1. The maximum atomic E-state index is 13.5. The Kier molecular flexibility index (Phi) is 3.62. The van der Waals surface area contributed by atoms with Crippen molar-refractivity contribution in [3.8, 4) is 5.75 Å². The first-order valence-electron chi connectivity index (χ1n) is 5.96. The molecule has 0 spiro atoms. The third kappa shape index (κ3) is 2.14. The number of para-hydroxylation sites is 1. The maximum Gasteiger partial charge on any atom is 0.260 e. The van der Waals surface area contributed by atoms with Crippen LogP contribution in [0.3, 0.4) is 0 Å². The first-order chi connectivity index (χ1) is 8.20. The number of benzene rings is 1. The van der Waals surface area contributed by atoms with E-state index in [-0.39, 0.29) is 0 Å². The molecule has 1 aliphatic heterocycles. The Bertz CT molecular complexity index is 383. The Balaban J connectivity index is 2.40. The van der Waals surface area contributed by atoms with Gasteiger partial charge in [0.25, 0.3) is 6.43 Å². The fraction of sp³-hybridized carbons (Fsp3) is 0.538. The van der Waals surface area contributed by atoms with Gasteiger partial charge in [-0.1, -0.05) is 25.1 Å². The predicted molar refractivity (Wildman–Crippen MR) is 62.5 cm³/mol. The first kappa shape index (κ1) is 12.3. The van der Waals surface area contributed by atoms with Crippen molar-refractivity contribution >= 4 is 0 Å². The molecule has 2 nitrogen and oxygen atoms in total. The lowest BCUT2D eigenvalue weighted by Gasteiger charge is -2.39. The molecule has 1 N–H and O–H groups in total. The van der Waals surface area contributed by atoms with E-state index in [1.807, 2.05) is 6.92 Å². The monoisotopic (exact) mass is 241 g/mol. The fourth-order valence-corrected chi connectivity index (χ4v) is 2.25. The van der Waals surface area contributed by atoms with Gasteiger partial charge >= 0.3 is 0 Å². The molecule has 94 valence electrons. The summed E-state index contributed by atoms with van der Waals surface area (Å²) in [5.41, 5.74) is -0.667. The molecule has 0 aromatic heterocycles. The minimum Gasteiger partial charge on any atom is -0.493 e. The van der Waals surface area contributed by atoms with Crippen molar-refractivity contribution in [2.45, 2.75) is 31.7 Å². The molecule has 2 rings (SSSR count). The summed E-state index contributed by atoms with van der Waals surface area (Å²) in [6, 6.07) is 7.06. The molecule has 1 aromatic carbocycles. The van der Waals surface area contributed by atoms with Gasteiger partial charge in [-0.15, -0.1) is 0 Å². The molecule has 4 heteroatoms. The van der Waals surface area contributed by atoms with Crippen LogP contribution in [0.2, 0.25) is 0 Å². The van der Waals surface area contributed by atoms with Gasteiger partial charge in [0.2, 0.25) is 0 Å². The molecule has 0 amide bonds. The smallest absolute Gasteiger partial charge is 0.260 e. The van der Waals surface area contributed by atoms with E-state index in [0.717, 1.165) is 6.42 Å². The van der Waals surface area contributed by atoms with Crippen LogP contribution >= 0.6 is 0 Å². The molecule has 0 aliphatic carbocycles. The Labute approximate surface area is 100.0 Å². The Hall–Kier alpha value is -1.16. The number of fused-ring (bicyclic) bond motifs is 1. The molecule has 0 saturated heterocycles. The maximum absolute atomic E-state index is 13.5. The third-order valence-corrected chi connectivity index (χ3v) is 3.18. The van der Waals surface area contributed by atoms with Crippen LogP contribution in [-0.4, -0.2) is 19.6 Å². The average molecular weight is 241 g/mol. The quantitative estimate of drug-likeness (QED) is 0.875. The second-order valence-corrected chi connectivity index (χ2v) is 4.29. The van der Waals surface area contributed by atoms with E-state index in [9.17, 15) is 8.78 Å². The van der Waals surface area contributed by atoms with E-state index in [2.05, 4.69) is 5.32 Å². The van der Waals surface area contributed by atoms with Crippen molar-refractivity contribution in [3.63, 3.8) is 0 Å². The molecule has 17 heavy (non-hydrogen) atoms. The minimum atomic E-state index is -2.43. The van der Waals surface area contributed by atoms with Gasteiger partial charge in [-0.25, -0.2) is 8.78 Å². The lowest BCUT2D eigenvalue weighted by molar-refractivity contribution is 0.00202. The van der Waals surface area contributed by atoms with Crippen molar-refractivity contribution in [1.29, 1.82) is 0 Å². The van der Waals surface area contributed by atoms with Gasteiger partial charge in [-0.2, -0.15) is 0 Å². The molecule has 0 fully saturated rings. The third-order valence-electron chi connectivity index (χ3n) is 3.18. The zero-order valence-electron chi connectivity index (χ0n) is 9.88. The highest BCUT2D eigenvalue weighted by molar-refractivity contribution is 5.41. The molecular weight excluding hydrogens is 224 g/mol. The number of hydrogen-bond donors (Lipinski definition) is 1. The van der Waals surface area contributed by atoms with Gasteiger partial charge in [0, 0.05) is 12.0 Å². The number of alkyl halides is 2. The molecule has 1 unspecified atom stereocenters. The van der Waals surface area contributed by atoms with Crippen LogP contribution in [0.5, 0.6) is 5.75 Å². The summed E-state index contributed by atoms with van der Waals surface area (Å²) in [6.45, 7) is 2.88. The lowest BCUT2D eigenvalue weighted by Crippen LogP contribution is -2.51. The van der Waals surface area contributed by atoms with E-state index in [4.69, 9.17) is 4.74 Å². The molecule has 1 aliphatic rings.